The number of rotatable bonds is 6. The summed E-state index contributed by atoms with van der Waals surface area (Å²) in [7, 11) is 1.66. The van der Waals surface area contributed by atoms with Gasteiger partial charge in [0.1, 0.15) is 5.75 Å². The largest absolute Gasteiger partial charge is 0.496 e. The summed E-state index contributed by atoms with van der Waals surface area (Å²) in [6.45, 7) is 2.60. The summed E-state index contributed by atoms with van der Waals surface area (Å²) in [4.78, 5) is 12.0. The summed E-state index contributed by atoms with van der Waals surface area (Å²) in [5.74, 6) is 1.18. The van der Waals surface area contributed by atoms with Crippen molar-refractivity contribution in [1.29, 1.82) is 0 Å². The minimum absolute atomic E-state index is 0.0579. The molecule has 0 bridgehead atoms. The summed E-state index contributed by atoms with van der Waals surface area (Å²) < 4.78 is 5.34. The number of ether oxygens (including phenoxy) is 1. The van der Waals surface area contributed by atoms with Gasteiger partial charge in [0.2, 0.25) is 5.91 Å². The topological polar surface area (TPSA) is 58.6 Å². The Bertz CT molecular complexity index is 553. The number of aliphatic hydroxyl groups is 1. The predicted octanol–water partition coefficient (Wildman–Crippen LogP) is 2.85. The van der Waals surface area contributed by atoms with Crippen LogP contribution in [-0.4, -0.2) is 30.8 Å². The molecule has 2 N–H and O–H groups in total. The van der Waals surface area contributed by atoms with Crippen LogP contribution in [0.5, 0.6) is 5.75 Å². The molecule has 0 aromatic heterocycles. The third kappa shape index (κ3) is 5.71. The van der Waals surface area contributed by atoms with Gasteiger partial charge < -0.3 is 15.2 Å². The summed E-state index contributed by atoms with van der Waals surface area (Å²) in [6.07, 6.45) is 5.97. The number of amides is 1. The van der Waals surface area contributed by atoms with Crippen molar-refractivity contribution in [3.63, 3.8) is 0 Å². The van der Waals surface area contributed by atoms with Crippen molar-refractivity contribution >= 4 is 5.91 Å². The summed E-state index contributed by atoms with van der Waals surface area (Å²) in [6, 6.07) is 7.85. The molecule has 0 spiro atoms. The molecule has 1 fully saturated rings. The van der Waals surface area contributed by atoms with E-state index >= 15 is 0 Å². The van der Waals surface area contributed by atoms with Crippen molar-refractivity contribution in [3.8, 4) is 5.75 Å². The molecule has 23 heavy (non-hydrogen) atoms. The second kappa shape index (κ2) is 8.73. The third-order valence-corrected chi connectivity index (χ3v) is 4.36. The van der Waals surface area contributed by atoms with E-state index in [9.17, 15) is 9.90 Å². The lowest BCUT2D eigenvalue weighted by atomic mass is 9.87. The number of nitrogens with one attached hydrogen (secondary N) is 1. The molecule has 0 radical (unpaired) electrons. The monoisotopic (exact) mass is 317 g/mol. The number of carbonyl (C=O) groups is 1. The minimum atomic E-state index is -0.200. The van der Waals surface area contributed by atoms with Crippen molar-refractivity contribution in [3.05, 3.63) is 41.5 Å². The normalized spacial score (nSPS) is 21.8. The Kier molecular flexibility index (Phi) is 6.66. The third-order valence-electron chi connectivity index (χ3n) is 4.36. The molecular formula is C19H27NO3. The first-order valence-electron chi connectivity index (χ1n) is 8.33. The Morgan fingerprint density at radius 2 is 2.17 bits per heavy atom. The van der Waals surface area contributed by atoms with Crippen LogP contribution in [0.15, 0.2) is 35.9 Å². The van der Waals surface area contributed by atoms with E-state index in [1.165, 1.54) is 0 Å². The van der Waals surface area contributed by atoms with Crippen LogP contribution in [-0.2, 0) is 11.2 Å². The molecule has 1 aliphatic carbocycles. The van der Waals surface area contributed by atoms with Crippen molar-refractivity contribution in [2.75, 3.05) is 13.7 Å². The van der Waals surface area contributed by atoms with Crippen molar-refractivity contribution in [2.45, 2.75) is 45.1 Å². The zero-order valence-electron chi connectivity index (χ0n) is 14.0. The molecule has 4 nitrogen and oxygen atoms in total. The number of para-hydroxylation sites is 1. The molecule has 2 atom stereocenters. The van der Waals surface area contributed by atoms with Crippen LogP contribution in [0.25, 0.3) is 0 Å². The van der Waals surface area contributed by atoms with Crippen LogP contribution >= 0.6 is 0 Å². The standard InChI is InChI=1S/C19H27NO3/c1-14(10-16-7-3-4-9-18(16)23-2)11-19(22)20-13-15-6-5-8-17(21)12-15/h3-4,7,9,11,15,17,21H,5-6,8,10,12-13H2,1-2H3,(H,20,22). The number of hydrogen-bond donors (Lipinski definition) is 2. The average molecular weight is 317 g/mol. The summed E-state index contributed by atoms with van der Waals surface area (Å²) >= 11 is 0. The zero-order valence-corrected chi connectivity index (χ0v) is 14.0. The highest BCUT2D eigenvalue weighted by atomic mass is 16.5. The van der Waals surface area contributed by atoms with E-state index in [0.717, 1.165) is 42.6 Å². The number of aliphatic hydroxyl groups excluding tert-OH is 1. The molecule has 0 saturated heterocycles. The Morgan fingerprint density at radius 1 is 1.39 bits per heavy atom. The van der Waals surface area contributed by atoms with Crippen molar-refractivity contribution < 1.29 is 14.6 Å². The Hall–Kier alpha value is -1.81. The number of benzene rings is 1. The highest BCUT2D eigenvalue weighted by molar-refractivity contribution is 5.88. The second-order valence-electron chi connectivity index (χ2n) is 6.41. The molecule has 1 amide bonds. The fraction of sp³-hybridized carbons (Fsp3) is 0.526. The predicted molar refractivity (Wildman–Crippen MR) is 91.4 cm³/mol. The maximum Gasteiger partial charge on any atom is 0.243 e. The van der Waals surface area contributed by atoms with E-state index in [4.69, 9.17) is 4.74 Å². The van der Waals surface area contributed by atoms with E-state index in [1.807, 2.05) is 31.2 Å². The van der Waals surface area contributed by atoms with Gasteiger partial charge in [-0.05, 0) is 50.2 Å². The average Bonchev–Trinajstić information content (AvgIpc) is 2.53. The lowest BCUT2D eigenvalue weighted by molar-refractivity contribution is -0.116. The van der Waals surface area contributed by atoms with Gasteiger partial charge in [-0.2, -0.15) is 0 Å². The van der Waals surface area contributed by atoms with Gasteiger partial charge in [0.05, 0.1) is 13.2 Å². The first-order valence-corrected chi connectivity index (χ1v) is 8.33. The van der Waals surface area contributed by atoms with E-state index in [1.54, 1.807) is 13.2 Å². The molecular weight excluding hydrogens is 290 g/mol. The SMILES string of the molecule is COc1ccccc1CC(C)=CC(=O)NCC1CCCC(O)C1. The van der Waals surface area contributed by atoms with Crippen LogP contribution in [0, 0.1) is 5.92 Å². The highest BCUT2D eigenvalue weighted by Crippen LogP contribution is 2.23. The van der Waals surface area contributed by atoms with Crippen LogP contribution in [0.3, 0.4) is 0 Å². The number of hydrogen-bond acceptors (Lipinski definition) is 3. The first-order chi connectivity index (χ1) is 11.1. The van der Waals surface area contributed by atoms with Crippen molar-refractivity contribution in [1.82, 2.24) is 5.32 Å². The summed E-state index contributed by atoms with van der Waals surface area (Å²) in [5, 5.41) is 12.6. The molecule has 2 rings (SSSR count). The summed E-state index contributed by atoms with van der Waals surface area (Å²) in [5.41, 5.74) is 2.07. The molecule has 0 heterocycles. The van der Waals surface area contributed by atoms with E-state index in [2.05, 4.69) is 5.32 Å². The van der Waals surface area contributed by atoms with Gasteiger partial charge in [0.15, 0.2) is 0 Å². The van der Waals surface area contributed by atoms with Crippen LogP contribution < -0.4 is 10.1 Å². The van der Waals surface area contributed by atoms with Gasteiger partial charge in [-0.25, -0.2) is 0 Å². The van der Waals surface area contributed by atoms with Gasteiger partial charge in [0, 0.05) is 12.6 Å². The van der Waals surface area contributed by atoms with E-state index in [-0.39, 0.29) is 12.0 Å². The molecule has 4 heteroatoms. The van der Waals surface area contributed by atoms with E-state index < -0.39 is 0 Å². The van der Waals surface area contributed by atoms with Gasteiger partial charge in [0.25, 0.3) is 0 Å². The maximum atomic E-state index is 12.0. The minimum Gasteiger partial charge on any atom is -0.496 e. The molecule has 1 aromatic rings. The highest BCUT2D eigenvalue weighted by Gasteiger charge is 2.20. The fourth-order valence-electron chi connectivity index (χ4n) is 3.17. The Labute approximate surface area is 138 Å². The first kappa shape index (κ1) is 17.5. The van der Waals surface area contributed by atoms with Crippen molar-refractivity contribution in [2.24, 2.45) is 5.92 Å². The lowest BCUT2D eigenvalue weighted by Gasteiger charge is -2.25. The van der Waals surface area contributed by atoms with Crippen LogP contribution in [0.1, 0.15) is 38.2 Å². The molecule has 1 saturated carbocycles. The smallest absolute Gasteiger partial charge is 0.243 e. The molecule has 1 aliphatic rings. The van der Waals surface area contributed by atoms with Crippen LogP contribution in [0.4, 0.5) is 0 Å². The van der Waals surface area contributed by atoms with Gasteiger partial charge >= 0.3 is 0 Å². The molecule has 126 valence electrons. The van der Waals surface area contributed by atoms with Gasteiger partial charge in [-0.15, -0.1) is 0 Å². The molecule has 2 unspecified atom stereocenters. The van der Waals surface area contributed by atoms with Crippen LogP contribution in [0.2, 0.25) is 0 Å². The Morgan fingerprint density at radius 3 is 2.91 bits per heavy atom. The van der Waals surface area contributed by atoms with Gasteiger partial charge in [-0.3, -0.25) is 4.79 Å². The fourth-order valence-corrected chi connectivity index (χ4v) is 3.17. The Balaban J connectivity index is 1.83. The quantitative estimate of drug-likeness (QED) is 0.793. The second-order valence-corrected chi connectivity index (χ2v) is 6.41. The van der Waals surface area contributed by atoms with Gasteiger partial charge in [-0.1, -0.05) is 30.2 Å². The maximum absolute atomic E-state index is 12.0. The molecule has 1 aromatic carbocycles. The number of carbonyl (C=O) groups excluding carboxylic acids is 1. The number of methoxy groups -OCH3 is 1. The molecule has 0 aliphatic heterocycles. The zero-order chi connectivity index (χ0) is 16.7. The lowest BCUT2D eigenvalue weighted by Crippen LogP contribution is -2.32. The van der Waals surface area contributed by atoms with E-state index in [0.29, 0.717) is 18.9 Å². The number of allylic oxidation sites excluding steroid dienone is 1.